The van der Waals surface area contributed by atoms with E-state index < -0.39 is 29.6 Å². The molecule has 1 aromatic carbocycles. The largest absolute Gasteiger partial charge is 0.416 e. The van der Waals surface area contributed by atoms with Crippen molar-refractivity contribution in [2.24, 2.45) is 0 Å². The monoisotopic (exact) mass is 490 g/mol. The molecule has 0 aliphatic carbocycles. The Morgan fingerprint density at radius 3 is 2.60 bits per heavy atom. The first-order valence-corrected chi connectivity index (χ1v) is 10.6. The molecule has 3 heterocycles. The number of nitrogens with one attached hydrogen (secondary N) is 2. The van der Waals surface area contributed by atoms with E-state index in [2.05, 4.69) is 25.8 Å². The zero-order valence-electron chi connectivity index (χ0n) is 18.5. The van der Waals surface area contributed by atoms with Gasteiger partial charge in [0.1, 0.15) is 23.5 Å². The smallest absolute Gasteiger partial charge is 0.378 e. The van der Waals surface area contributed by atoms with Crippen LogP contribution in [0.4, 0.5) is 24.7 Å². The maximum absolute atomic E-state index is 12.9. The fourth-order valence-corrected chi connectivity index (χ4v) is 3.35. The highest BCUT2D eigenvalue weighted by Crippen LogP contribution is 2.30. The summed E-state index contributed by atoms with van der Waals surface area (Å²) >= 11 is 0. The van der Waals surface area contributed by atoms with Crippen LogP contribution in [0, 0.1) is 0 Å². The van der Waals surface area contributed by atoms with E-state index >= 15 is 0 Å². The van der Waals surface area contributed by atoms with Crippen LogP contribution in [-0.2, 0) is 10.9 Å². The number of carbonyl (C=O) groups is 2. The lowest BCUT2D eigenvalue weighted by atomic mass is 10.2. The number of morpholine rings is 1. The molecule has 0 radical (unpaired) electrons. The summed E-state index contributed by atoms with van der Waals surface area (Å²) in [7, 11) is 0. The summed E-state index contributed by atoms with van der Waals surface area (Å²) in [4.78, 5) is 35.3. The van der Waals surface area contributed by atoms with Crippen LogP contribution in [0.3, 0.4) is 0 Å². The normalized spacial score (nSPS) is 14.9. The Morgan fingerprint density at radius 1 is 1.09 bits per heavy atom. The number of amides is 2. The van der Waals surface area contributed by atoms with Crippen LogP contribution >= 0.6 is 0 Å². The molecule has 1 aliphatic heterocycles. The minimum absolute atomic E-state index is 0.0519. The Labute approximate surface area is 197 Å². The van der Waals surface area contributed by atoms with Gasteiger partial charge in [-0.25, -0.2) is 9.97 Å². The third kappa shape index (κ3) is 5.93. The van der Waals surface area contributed by atoms with Gasteiger partial charge in [0.25, 0.3) is 11.8 Å². The minimum Gasteiger partial charge on any atom is -0.378 e. The van der Waals surface area contributed by atoms with E-state index in [4.69, 9.17) is 9.26 Å². The molecule has 13 heteroatoms. The molecule has 0 saturated carbocycles. The summed E-state index contributed by atoms with van der Waals surface area (Å²) in [6.07, 6.45) is -3.24. The molecule has 10 nitrogen and oxygen atoms in total. The molecule has 2 aromatic heterocycles. The van der Waals surface area contributed by atoms with Gasteiger partial charge in [-0.3, -0.25) is 9.59 Å². The van der Waals surface area contributed by atoms with Gasteiger partial charge in [-0.2, -0.15) is 13.2 Å². The van der Waals surface area contributed by atoms with Gasteiger partial charge in [-0.05, 0) is 25.1 Å². The molecule has 4 rings (SSSR count). The van der Waals surface area contributed by atoms with Crippen molar-refractivity contribution in [1.29, 1.82) is 0 Å². The molecule has 1 aliphatic rings. The zero-order chi connectivity index (χ0) is 25.0. The van der Waals surface area contributed by atoms with E-state index in [1.54, 1.807) is 13.0 Å². The Kier molecular flexibility index (Phi) is 6.96. The lowest BCUT2D eigenvalue weighted by molar-refractivity contribution is -0.137. The molecule has 1 atom stereocenters. The first-order chi connectivity index (χ1) is 16.7. The average molecular weight is 490 g/mol. The number of aromatic nitrogens is 3. The van der Waals surface area contributed by atoms with Crippen molar-refractivity contribution in [2.75, 3.05) is 36.5 Å². The molecule has 0 spiro atoms. The van der Waals surface area contributed by atoms with E-state index in [0.717, 1.165) is 12.1 Å². The van der Waals surface area contributed by atoms with Gasteiger partial charge in [0.2, 0.25) is 5.76 Å². The van der Waals surface area contributed by atoms with E-state index in [0.29, 0.717) is 32.1 Å². The van der Waals surface area contributed by atoms with Crippen molar-refractivity contribution < 1.29 is 32.0 Å². The van der Waals surface area contributed by atoms with Gasteiger partial charge in [-0.1, -0.05) is 11.2 Å². The van der Waals surface area contributed by atoms with Crippen molar-refractivity contribution in [3.05, 3.63) is 65.4 Å². The number of nitrogens with zero attached hydrogens (tertiary/aromatic N) is 4. The van der Waals surface area contributed by atoms with Crippen LogP contribution in [0.25, 0.3) is 0 Å². The molecule has 3 aromatic rings. The molecule has 2 amide bonds. The van der Waals surface area contributed by atoms with E-state index in [9.17, 15) is 22.8 Å². The molecular weight excluding hydrogens is 469 g/mol. The predicted octanol–water partition coefficient (Wildman–Crippen LogP) is 3.06. The maximum Gasteiger partial charge on any atom is 0.416 e. The second-order valence-electron chi connectivity index (χ2n) is 7.70. The van der Waals surface area contributed by atoms with Gasteiger partial charge in [0.05, 0.1) is 24.8 Å². The number of carbonyl (C=O) groups excluding carboxylic acids is 2. The molecule has 35 heavy (non-hydrogen) atoms. The average Bonchev–Trinajstić information content (AvgIpc) is 3.35. The number of halogens is 3. The second kappa shape index (κ2) is 10.1. The van der Waals surface area contributed by atoms with E-state index in [1.165, 1.54) is 24.5 Å². The Hall–Kier alpha value is -4.00. The Morgan fingerprint density at radius 2 is 1.86 bits per heavy atom. The summed E-state index contributed by atoms with van der Waals surface area (Å²) < 4.78 is 49.0. The zero-order valence-corrected chi connectivity index (χ0v) is 18.5. The molecule has 0 bridgehead atoms. The number of hydrogen-bond acceptors (Lipinski definition) is 8. The minimum atomic E-state index is -4.54. The summed E-state index contributed by atoms with van der Waals surface area (Å²) in [6, 6.07) is 6.43. The van der Waals surface area contributed by atoms with Crippen LogP contribution in [0.2, 0.25) is 0 Å². The maximum atomic E-state index is 12.9. The van der Waals surface area contributed by atoms with Crippen LogP contribution in [0.1, 0.15) is 45.3 Å². The van der Waals surface area contributed by atoms with Crippen LogP contribution in [0.15, 0.2) is 47.2 Å². The number of benzene rings is 1. The highest BCUT2D eigenvalue weighted by molar-refractivity contribution is 6.02. The fraction of sp³-hybridized carbons (Fsp3) is 0.318. The highest BCUT2D eigenvalue weighted by atomic mass is 19.4. The first-order valence-electron chi connectivity index (χ1n) is 10.6. The standard InChI is InChI=1S/C22H21F3N6O4/c1-13(28-20(32)17-11-19(27-12-26-17)31-5-7-34-8-6-31)16-10-18(35-30-16)21(33)29-15-4-2-3-14(9-15)22(23,24)25/h2-4,9-13H,5-8H2,1H3,(H,28,32)(H,29,33). The van der Waals surface area contributed by atoms with Crippen molar-refractivity contribution in [2.45, 2.75) is 19.1 Å². The third-order valence-corrected chi connectivity index (χ3v) is 5.21. The quantitative estimate of drug-likeness (QED) is 0.541. The molecule has 184 valence electrons. The van der Waals surface area contributed by atoms with Crippen molar-refractivity contribution in [1.82, 2.24) is 20.4 Å². The number of anilines is 2. The van der Waals surface area contributed by atoms with Gasteiger partial charge >= 0.3 is 6.18 Å². The van der Waals surface area contributed by atoms with E-state index in [-0.39, 0.29) is 22.8 Å². The first kappa shape index (κ1) is 24.1. The van der Waals surface area contributed by atoms with Crippen molar-refractivity contribution in [3.8, 4) is 0 Å². The van der Waals surface area contributed by atoms with Crippen LogP contribution < -0.4 is 15.5 Å². The van der Waals surface area contributed by atoms with Crippen molar-refractivity contribution >= 4 is 23.3 Å². The highest BCUT2D eigenvalue weighted by Gasteiger charge is 2.30. The molecule has 1 saturated heterocycles. The summed E-state index contributed by atoms with van der Waals surface area (Å²) in [5, 5.41) is 8.84. The summed E-state index contributed by atoms with van der Waals surface area (Å²) in [6.45, 7) is 4.07. The molecule has 2 N–H and O–H groups in total. The van der Waals surface area contributed by atoms with Gasteiger partial charge in [0, 0.05) is 30.9 Å². The lowest BCUT2D eigenvalue weighted by Crippen LogP contribution is -2.37. The van der Waals surface area contributed by atoms with Crippen LogP contribution in [0.5, 0.6) is 0 Å². The van der Waals surface area contributed by atoms with Gasteiger partial charge in [0.15, 0.2) is 0 Å². The number of rotatable bonds is 6. The SMILES string of the molecule is CC(NC(=O)c1cc(N2CCOCC2)ncn1)c1cc(C(=O)Nc2cccc(C(F)(F)F)c2)on1. The lowest BCUT2D eigenvalue weighted by Gasteiger charge is -2.27. The Balaban J connectivity index is 1.39. The number of ether oxygens (including phenoxy) is 1. The topological polar surface area (TPSA) is 122 Å². The fourth-order valence-electron chi connectivity index (χ4n) is 3.35. The molecular formula is C22H21F3N6O4. The Bertz CT molecular complexity index is 1210. The van der Waals surface area contributed by atoms with E-state index in [1.807, 2.05) is 4.90 Å². The summed E-state index contributed by atoms with van der Waals surface area (Å²) in [5.74, 6) is -0.883. The van der Waals surface area contributed by atoms with Crippen molar-refractivity contribution in [3.63, 3.8) is 0 Å². The predicted molar refractivity (Wildman–Crippen MR) is 117 cm³/mol. The molecule has 1 fully saturated rings. The van der Waals surface area contributed by atoms with Crippen LogP contribution in [-0.4, -0.2) is 53.2 Å². The second-order valence-corrected chi connectivity index (χ2v) is 7.70. The number of hydrogen-bond donors (Lipinski definition) is 2. The number of alkyl halides is 3. The van der Waals surface area contributed by atoms with Gasteiger partial charge in [-0.15, -0.1) is 0 Å². The van der Waals surface area contributed by atoms with Gasteiger partial charge < -0.3 is 24.8 Å². The third-order valence-electron chi connectivity index (χ3n) is 5.21. The summed E-state index contributed by atoms with van der Waals surface area (Å²) in [5.41, 5.74) is -0.551. The molecule has 1 unspecified atom stereocenters.